The van der Waals surface area contributed by atoms with Crippen molar-refractivity contribution in [2.75, 3.05) is 31.1 Å². The van der Waals surface area contributed by atoms with Crippen LogP contribution in [0.2, 0.25) is 0 Å². The maximum absolute atomic E-state index is 13.8. The number of benzene rings is 1. The summed E-state index contributed by atoms with van der Waals surface area (Å²) in [5, 5.41) is 4.38. The molecule has 6 nitrogen and oxygen atoms in total. The van der Waals surface area contributed by atoms with Gasteiger partial charge in [0, 0.05) is 38.3 Å². The third kappa shape index (κ3) is 2.95. The highest BCUT2D eigenvalue weighted by Crippen LogP contribution is 2.31. The van der Waals surface area contributed by atoms with E-state index < -0.39 is 11.6 Å². The minimum Gasteiger partial charge on any atom is -0.361 e. The Labute approximate surface area is 145 Å². The normalized spacial score (nSPS) is 15.2. The van der Waals surface area contributed by atoms with Gasteiger partial charge in [-0.05, 0) is 13.0 Å². The molecule has 3 heterocycles. The summed E-state index contributed by atoms with van der Waals surface area (Å²) in [5.74, 6) is -0.856. The van der Waals surface area contributed by atoms with Gasteiger partial charge in [-0.25, -0.2) is 13.8 Å². The van der Waals surface area contributed by atoms with Crippen molar-refractivity contribution in [3.05, 3.63) is 41.3 Å². The quantitative estimate of drug-likeness (QED) is 0.700. The van der Waals surface area contributed by atoms with Crippen molar-refractivity contribution in [1.82, 2.24) is 15.0 Å². The van der Waals surface area contributed by atoms with Crippen molar-refractivity contribution >= 4 is 32.6 Å². The van der Waals surface area contributed by atoms with Crippen molar-refractivity contribution in [1.29, 1.82) is 0 Å². The van der Waals surface area contributed by atoms with Gasteiger partial charge in [0.2, 0.25) is 0 Å². The van der Waals surface area contributed by atoms with E-state index in [0.29, 0.717) is 47.5 Å². The fraction of sp³-hybridized carbons (Fsp3) is 0.312. The van der Waals surface area contributed by atoms with E-state index in [4.69, 9.17) is 4.52 Å². The number of rotatable bonds is 2. The number of hydrogen-bond donors (Lipinski definition) is 0. The largest absolute Gasteiger partial charge is 0.361 e. The Bertz CT molecular complexity index is 947. The van der Waals surface area contributed by atoms with Gasteiger partial charge in [0.1, 0.15) is 17.1 Å². The molecule has 0 N–H and O–H groups in total. The first-order chi connectivity index (χ1) is 12.0. The topological polar surface area (TPSA) is 62.5 Å². The molecular weight excluding hydrogens is 350 g/mol. The predicted molar refractivity (Wildman–Crippen MR) is 88.9 cm³/mol. The molecule has 0 radical (unpaired) electrons. The lowest BCUT2D eigenvalue weighted by Gasteiger charge is -2.34. The SMILES string of the molecule is Cc1cc(C(=O)N2CCN(c3nc4c(F)cc(F)cc4s3)CC2)no1. The van der Waals surface area contributed by atoms with Crippen LogP contribution >= 0.6 is 11.3 Å². The summed E-state index contributed by atoms with van der Waals surface area (Å²) >= 11 is 1.25. The highest BCUT2D eigenvalue weighted by atomic mass is 32.1. The molecule has 1 amide bonds. The van der Waals surface area contributed by atoms with E-state index in [2.05, 4.69) is 10.1 Å². The molecule has 9 heteroatoms. The molecule has 0 atom stereocenters. The van der Waals surface area contributed by atoms with Crippen LogP contribution in [-0.2, 0) is 0 Å². The van der Waals surface area contributed by atoms with Gasteiger partial charge in [0.25, 0.3) is 5.91 Å². The molecule has 0 spiro atoms. The lowest BCUT2D eigenvalue weighted by molar-refractivity contribution is 0.0736. The van der Waals surface area contributed by atoms with Crippen molar-refractivity contribution in [3.8, 4) is 0 Å². The number of nitrogens with zero attached hydrogens (tertiary/aromatic N) is 4. The van der Waals surface area contributed by atoms with Crippen LogP contribution in [0.1, 0.15) is 16.2 Å². The minimum absolute atomic E-state index is 0.172. The molecule has 1 saturated heterocycles. The van der Waals surface area contributed by atoms with Crippen LogP contribution in [0.25, 0.3) is 10.2 Å². The van der Waals surface area contributed by atoms with Gasteiger partial charge >= 0.3 is 0 Å². The monoisotopic (exact) mass is 364 g/mol. The smallest absolute Gasteiger partial charge is 0.276 e. The van der Waals surface area contributed by atoms with E-state index in [-0.39, 0.29) is 11.4 Å². The molecule has 130 valence electrons. The molecule has 1 aromatic carbocycles. The van der Waals surface area contributed by atoms with Crippen LogP contribution in [0.15, 0.2) is 22.7 Å². The molecule has 0 unspecified atom stereocenters. The Balaban J connectivity index is 1.48. The van der Waals surface area contributed by atoms with Gasteiger partial charge in [0.05, 0.1) is 4.70 Å². The van der Waals surface area contributed by atoms with Crippen molar-refractivity contribution in [2.24, 2.45) is 0 Å². The number of anilines is 1. The fourth-order valence-corrected chi connectivity index (χ4v) is 3.87. The second kappa shape index (κ2) is 6.07. The van der Waals surface area contributed by atoms with Crippen LogP contribution in [0.4, 0.5) is 13.9 Å². The van der Waals surface area contributed by atoms with E-state index in [1.54, 1.807) is 17.9 Å². The Morgan fingerprint density at radius 1 is 1.20 bits per heavy atom. The molecule has 4 rings (SSSR count). The molecule has 2 aromatic heterocycles. The van der Waals surface area contributed by atoms with E-state index in [9.17, 15) is 13.6 Å². The number of halogens is 2. The summed E-state index contributed by atoms with van der Waals surface area (Å²) in [4.78, 5) is 20.3. The predicted octanol–water partition coefficient (Wildman–Crippen LogP) is 2.83. The lowest BCUT2D eigenvalue weighted by atomic mass is 10.3. The van der Waals surface area contributed by atoms with Gasteiger partial charge in [-0.1, -0.05) is 16.5 Å². The van der Waals surface area contributed by atoms with Gasteiger partial charge in [-0.2, -0.15) is 0 Å². The number of hydrogen-bond acceptors (Lipinski definition) is 6. The van der Waals surface area contributed by atoms with Gasteiger partial charge in [-0.15, -0.1) is 0 Å². The summed E-state index contributed by atoms with van der Waals surface area (Å²) < 4.78 is 32.5. The number of carbonyl (C=O) groups excluding carboxylic acids is 1. The highest BCUT2D eigenvalue weighted by molar-refractivity contribution is 7.22. The third-order valence-electron chi connectivity index (χ3n) is 4.09. The van der Waals surface area contributed by atoms with E-state index in [1.807, 2.05) is 4.90 Å². The molecular formula is C16H14F2N4O2S. The minimum atomic E-state index is -0.660. The van der Waals surface area contributed by atoms with Crippen LogP contribution in [0, 0.1) is 18.6 Å². The first-order valence-corrected chi connectivity index (χ1v) is 8.56. The molecule has 3 aromatic rings. The maximum atomic E-state index is 13.8. The molecule has 0 saturated carbocycles. The number of fused-ring (bicyclic) bond motifs is 1. The second-order valence-electron chi connectivity index (χ2n) is 5.83. The van der Waals surface area contributed by atoms with Gasteiger partial charge in [-0.3, -0.25) is 4.79 Å². The van der Waals surface area contributed by atoms with E-state index >= 15 is 0 Å². The van der Waals surface area contributed by atoms with Crippen LogP contribution < -0.4 is 4.90 Å². The van der Waals surface area contributed by atoms with Gasteiger partial charge in [0.15, 0.2) is 16.6 Å². The van der Waals surface area contributed by atoms with Crippen molar-refractivity contribution < 1.29 is 18.1 Å². The number of thiazole rings is 1. The summed E-state index contributed by atoms with van der Waals surface area (Å²) in [6.45, 7) is 3.85. The number of amides is 1. The summed E-state index contributed by atoms with van der Waals surface area (Å²) in [6.07, 6.45) is 0. The Hall–Kier alpha value is -2.55. The van der Waals surface area contributed by atoms with Crippen LogP contribution in [0.5, 0.6) is 0 Å². The van der Waals surface area contributed by atoms with E-state index in [1.165, 1.54) is 17.4 Å². The van der Waals surface area contributed by atoms with Crippen molar-refractivity contribution in [2.45, 2.75) is 6.92 Å². The summed E-state index contributed by atoms with van der Waals surface area (Å²) in [6, 6.07) is 3.73. The maximum Gasteiger partial charge on any atom is 0.276 e. The molecule has 1 fully saturated rings. The lowest BCUT2D eigenvalue weighted by Crippen LogP contribution is -2.48. The Morgan fingerprint density at radius 2 is 1.96 bits per heavy atom. The second-order valence-corrected chi connectivity index (χ2v) is 6.84. The average Bonchev–Trinajstić information content (AvgIpc) is 3.21. The zero-order valence-corrected chi connectivity index (χ0v) is 14.1. The molecule has 0 bridgehead atoms. The van der Waals surface area contributed by atoms with Crippen molar-refractivity contribution in [3.63, 3.8) is 0 Å². The zero-order chi connectivity index (χ0) is 17.6. The standard InChI is InChI=1S/C16H14F2N4O2S/c1-9-6-12(20-24-9)15(23)21-2-4-22(5-3-21)16-19-14-11(18)7-10(17)8-13(14)25-16/h6-8H,2-5H2,1H3. The molecule has 0 aliphatic carbocycles. The Kier molecular flexibility index (Phi) is 3.87. The first kappa shape index (κ1) is 15.9. The average molecular weight is 364 g/mol. The highest BCUT2D eigenvalue weighted by Gasteiger charge is 2.26. The van der Waals surface area contributed by atoms with Crippen LogP contribution in [0.3, 0.4) is 0 Å². The van der Waals surface area contributed by atoms with Crippen LogP contribution in [-0.4, -0.2) is 47.1 Å². The number of aryl methyl sites for hydroxylation is 1. The fourth-order valence-electron chi connectivity index (χ4n) is 2.81. The first-order valence-electron chi connectivity index (χ1n) is 7.74. The number of piperazine rings is 1. The molecule has 25 heavy (non-hydrogen) atoms. The Morgan fingerprint density at radius 3 is 2.64 bits per heavy atom. The number of carbonyl (C=O) groups is 1. The molecule has 1 aliphatic rings. The summed E-state index contributed by atoms with van der Waals surface area (Å²) in [5.41, 5.74) is 0.474. The summed E-state index contributed by atoms with van der Waals surface area (Å²) in [7, 11) is 0. The van der Waals surface area contributed by atoms with E-state index in [0.717, 1.165) is 6.07 Å². The van der Waals surface area contributed by atoms with Gasteiger partial charge < -0.3 is 14.3 Å². The third-order valence-corrected chi connectivity index (χ3v) is 5.15. The number of aromatic nitrogens is 2. The zero-order valence-electron chi connectivity index (χ0n) is 13.3. The molecule has 1 aliphatic heterocycles.